The third-order valence-electron chi connectivity index (χ3n) is 2.89. The van der Waals surface area contributed by atoms with Crippen LogP contribution in [0.15, 0.2) is 56.6 Å². The van der Waals surface area contributed by atoms with E-state index in [9.17, 15) is 4.79 Å². The molecule has 0 aliphatic heterocycles. The van der Waals surface area contributed by atoms with E-state index in [1.165, 1.54) is 0 Å². The molecule has 1 amide bonds. The summed E-state index contributed by atoms with van der Waals surface area (Å²) in [5.74, 6) is -0.243. The molecule has 2 aromatic carbocycles. The van der Waals surface area contributed by atoms with Crippen LogP contribution >= 0.6 is 31.9 Å². The summed E-state index contributed by atoms with van der Waals surface area (Å²) >= 11 is 6.71. The quantitative estimate of drug-likeness (QED) is 0.438. The number of halogens is 2. The van der Waals surface area contributed by atoms with Crippen LogP contribution in [0.3, 0.4) is 0 Å². The number of carbonyl (C=O) groups is 1. The zero-order valence-corrected chi connectivity index (χ0v) is 14.3. The predicted octanol–water partition coefficient (Wildman–Crippen LogP) is 4.66. The number of amides is 1. The first kappa shape index (κ1) is 15.7. The minimum absolute atomic E-state index is 0.243. The molecule has 0 saturated heterocycles. The van der Waals surface area contributed by atoms with Crippen molar-refractivity contribution >= 4 is 49.2 Å². The molecule has 0 aliphatic carbocycles. The monoisotopic (exact) mass is 410 g/mol. The summed E-state index contributed by atoms with van der Waals surface area (Å²) in [5.41, 5.74) is 2.21. The highest BCUT2D eigenvalue weighted by molar-refractivity contribution is 9.11. The summed E-state index contributed by atoms with van der Waals surface area (Å²) in [5, 5.41) is 14.9. The highest BCUT2D eigenvalue weighted by Crippen LogP contribution is 2.24. The van der Waals surface area contributed by atoms with Gasteiger partial charge in [0.1, 0.15) is 0 Å². The lowest BCUT2D eigenvalue weighted by molar-refractivity contribution is 0.102. The molecule has 6 heteroatoms. The molecule has 0 radical (unpaired) electrons. The van der Waals surface area contributed by atoms with Crippen LogP contribution < -0.4 is 5.32 Å². The molecule has 108 valence electrons. The molecule has 2 aromatic rings. The Balaban J connectivity index is 2.32. The number of anilines is 1. The number of hydrogen-bond acceptors (Lipinski definition) is 3. The Labute approximate surface area is 139 Å². The average Bonchev–Trinajstić information content (AvgIpc) is 2.46. The van der Waals surface area contributed by atoms with Crippen LogP contribution in [0.2, 0.25) is 0 Å². The molecule has 0 spiro atoms. The lowest BCUT2D eigenvalue weighted by atomic mass is 10.1. The first-order valence-electron chi connectivity index (χ1n) is 6.07. The van der Waals surface area contributed by atoms with Crippen molar-refractivity contribution in [3.63, 3.8) is 0 Å². The molecule has 0 fully saturated rings. The second kappa shape index (κ2) is 6.87. The maximum Gasteiger partial charge on any atom is 0.256 e. The molecule has 0 heterocycles. The van der Waals surface area contributed by atoms with Crippen molar-refractivity contribution in [3.8, 4) is 0 Å². The first-order valence-corrected chi connectivity index (χ1v) is 7.66. The number of benzene rings is 2. The fourth-order valence-corrected chi connectivity index (χ4v) is 3.05. The summed E-state index contributed by atoms with van der Waals surface area (Å²) < 4.78 is 1.58. The van der Waals surface area contributed by atoms with E-state index in [1.54, 1.807) is 43.3 Å². The molecule has 21 heavy (non-hydrogen) atoms. The van der Waals surface area contributed by atoms with Crippen LogP contribution in [0.4, 0.5) is 5.69 Å². The van der Waals surface area contributed by atoms with E-state index in [0.29, 0.717) is 27.0 Å². The standard InChI is InChI=1S/C15H12Br2N2O2/c1-9(19-21)11-4-2-3-5-14(11)18-15(20)12-7-6-10(16)8-13(12)17/h2-8,21H,1H3,(H,18,20)/b19-9-. The number of nitrogens with one attached hydrogen (secondary N) is 1. The lowest BCUT2D eigenvalue weighted by Gasteiger charge is -2.11. The van der Waals surface area contributed by atoms with Crippen LogP contribution in [0, 0.1) is 0 Å². The molecular weight excluding hydrogens is 400 g/mol. The third kappa shape index (κ3) is 3.71. The fourth-order valence-electron chi connectivity index (χ4n) is 1.82. The van der Waals surface area contributed by atoms with Gasteiger partial charge in [0.25, 0.3) is 5.91 Å². The summed E-state index contributed by atoms with van der Waals surface area (Å²) in [6, 6.07) is 12.5. The van der Waals surface area contributed by atoms with Gasteiger partial charge in [-0.2, -0.15) is 0 Å². The number of hydrogen-bond donors (Lipinski definition) is 2. The van der Waals surface area contributed by atoms with Crippen LogP contribution in [0.25, 0.3) is 0 Å². The Morgan fingerprint density at radius 3 is 2.52 bits per heavy atom. The van der Waals surface area contributed by atoms with E-state index in [1.807, 2.05) is 6.07 Å². The maximum atomic E-state index is 12.4. The predicted molar refractivity (Wildman–Crippen MR) is 90.2 cm³/mol. The molecule has 0 aromatic heterocycles. The van der Waals surface area contributed by atoms with Gasteiger partial charge in [0.15, 0.2) is 0 Å². The molecule has 0 saturated carbocycles. The topological polar surface area (TPSA) is 61.7 Å². The van der Waals surface area contributed by atoms with E-state index in [4.69, 9.17) is 5.21 Å². The number of carbonyl (C=O) groups excluding carboxylic acids is 1. The van der Waals surface area contributed by atoms with Gasteiger partial charge in [-0.05, 0) is 47.1 Å². The van der Waals surface area contributed by atoms with Crippen LogP contribution in [0.1, 0.15) is 22.8 Å². The highest BCUT2D eigenvalue weighted by Gasteiger charge is 2.13. The summed E-state index contributed by atoms with van der Waals surface area (Å²) in [4.78, 5) is 12.4. The molecule has 0 aliphatic rings. The van der Waals surface area contributed by atoms with Crippen molar-refractivity contribution < 1.29 is 10.0 Å². The summed E-state index contributed by atoms with van der Waals surface area (Å²) in [7, 11) is 0. The summed E-state index contributed by atoms with van der Waals surface area (Å²) in [6.45, 7) is 1.67. The van der Waals surface area contributed by atoms with Crippen molar-refractivity contribution in [1.82, 2.24) is 0 Å². The number of para-hydroxylation sites is 1. The molecule has 4 nitrogen and oxygen atoms in total. The van der Waals surface area contributed by atoms with E-state index < -0.39 is 0 Å². The number of rotatable bonds is 3. The SMILES string of the molecule is C/C(=N/O)c1ccccc1NC(=O)c1ccc(Br)cc1Br. The third-order valence-corrected chi connectivity index (χ3v) is 4.04. The lowest BCUT2D eigenvalue weighted by Crippen LogP contribution is -2.15. The van der Waals surface area contributed by atoms with Crippen LogP contribution in [-0.2, 0) is 0 Å². The zero-order valence-electron chi connectivity index (χ0n) is 11.1. The van der Waals surface area contributed by atoms with Gasteiger partial charge in [0, 0.05) is 14.5 Å². The smallest absolute Gasteiger partial charge is 0.256 e. The highest BCUT2D eigenvalue weighted by atomic mass is 79.9. The normalized spacial score (nSPS) is 11.3. The van der Waals surface area contributed by atoms with Crippen molar-refractivity contribution in [3.05, 3.63) is 62.5 Å². The second-order valence-corrected chi connectivity index (χ2v) is 6.08. The number of oxime groups is 1. The van der Waals surface area contributed by atoms with Crippen LogP contribution in [0.5, 0.6) is 0 Å². The molecule has 0 atom stereocenters. The Hall–Kier alpha value is -1.66. The molecule has 0 unspecified atom stereocenters. The average molecular weight is 412 g/mol. The Bertz CT molecular complexity index is 715. The minimum atomic E-state index is -0.243. The van der Waals surface area contributed by atoms with Crippen molar-refractivity contribution in [2.24, 2.45) is 5.16 Å². The van der Waals surface area contributed by atoms with Gasteiger partial charge < -0.3 is 10.5 Å². The zero-order chi connectivity index (χ0) is 15.4. The van der Waals surface area contributed by atoms with Gasteiger partial charge in [0.2, 0.25) is 0 Å². The molecule has 0 bridgehead atoms. The Morgan fingerprint density at radius 1 is 1.14 bits per heavy atom. The van der Waals surface area contributed by atoms with Gasteiger partial charge in [0.05, 0.1) is 17.0 Å². The van der Waals surface area contributed by atoms with Gasteiger partial charge in [-0.1, -0.05) is 39.3 Å². The molecule has 2 rings (SSSR count). The first-order chi connectivity index (χ1) is 10.0. The van der Waals surface area contributed by atoms with Gasteiger partial charge in [-0.25, -0.2) is 0 Å². The largest absolute Gasteiger partial charge is 0.411 e. The fraction of sp³-hybridized carbons (Fsp3) is 0.0667. The van der Waals surface area contributed by atoms with E-state index >= 15 is 0 Å². The molecule has 2 N–H and O–H groups in total. The van der Waals surface area contributed by atoms with Gasteiger partial charge in [-0.15, -0.1) is 0 Å². The Morgan fingerprint density at radius 2 is 1.86 bits per heavy atom. The van der Waals surface area contributed by atoms with E-state index in [-0.39, 0.29) is 5.91 Å². The summed E-state index contributed by atoms with van der Waals surface area (Å²) in [6.07, 6.45) is 0. The van der Waals surface area contributed by atoms with Gasteiger partial charge >= 0.3 is 0 Å². The maximum absolute atomic E-state index is 12.4. The van der Waals surface area contributed by atoms with Crippen molar-refractivity contribution in [1.29, 1.82) is 0 Å². The van der Waals surface area contributed by atoms with Crippen LogP contribution in [-0.4, -0.2) is 16.8 Å². The molecular formula is C15H12Br2N2O2. The minimum Gasteiger partial charge on any atom is -0.411 e. The van der Waals surface area contributed by atoms with Crippen molar-refractivity contribution in [2.75, 3.05) is 5.32 Å². The van der Waals surface area contributed by atoms with Gasteiger partial charge in [-0.3, -0.25) is 4.79 Å². The van der Waals surface area contributed by atoms with Crippen molar-refractivity contribution in [2.45, 2.75) is 6.92 Å². The van der Waals surface area contributed by atoms with E-state index in [2.05, 4.69) is 42.3 Å². The number of nitrogens with zero attached hydrogens (tertiary/aromatic N) is 1. The second-order valence-electron chi connectivity index (χ2n) is 4.31. The Kier molecular flexibility index (Phi) is 5.14. The van der Waals surface area contributed by atoms with E-state index in [0.717, 1.165) is 4.47 Å².